The fourth-order valence-corrected chi connectivity index (χ4v) is 3.59. The van der Waals surface area contributed by atoms with Crippen LogP contribution in [-0.2, 0) is 13.1 Å². The number of aromatic nitrogens is 2. The Morgan fingerprint density at radius 1 is 1.11 bits per heavy atom. The van der Waals surface area contributed by atoms with Gasteiger partial charge < -0.3 is 10.1 Å². The summed E-state index contributed by atoms with van der Waals surface area (Å²) in [7, 11) is 1.63. The molecule has 0 saturated carbocycles. The molecule has 138 valence electrons. The first-order chi connectivity index (χ1) is 13.2. The molecule has 0 atom stereocenters. The van der Waals surface area contributed by atoms with Crippen molar-refractivity contribution >= 4 is 18.0 Å². The molecule has 1 aliphatic rings. The van der Waals surface area contributed by atoms with Gasteiger partial charge in [0.2, 0.25) is 0 Å². The highest BCUT2D eigenvalue weighted by Crippen LogP contribution is 2.25. The van der Waals surface area contributed by atoms with E-state index in [9.17, 15) is 4.79 Å². The SMILES string of the molecule is COc1ccc(-n2c3c(c(=O)[nH]c2=S)CN(Cc2ccccc2)CN3)cc1. The molecule has 2 heterocycles. The summed E-state index contributed by atoms with van der Waals surface area (Å²) in [5.74, 6) is 1.52. The Hall–Kier alpha value is -2.90. The van der Waals surface area contributed by atoms with Crippen LogP contribution in [0.5, 0.6) is 5.75 Å². The highest BCUT2D eigenvalue weighted by atomic mass is 32.1. The standard InChI is InChI=1S/C20H20N4O2S/c1-26-16-9-7-15(8-10-16)24-18-17(19(25)22-20(24)27)12-23(13-21-18)11-14-5-3-2-4-6-14/h2-10,21H,11-13H2,1H3,(H,22,25,27). The molecule has 4 rings (SSSR count). The summed E-state index contributed by atoms with van der Waals surface area (Å²) in [5.41, 5.74) is 2.62. The Balaban J connectivity index is 1.70. The normalized spacial score (nSPS) is 13.7. The lowest BCUT2D eigenvalue weighted by molar-refractivity contribution is 0.264. The second-order valence-electron chi connectivity index (χ2n) is 6.43. The first kappa shape index (κ1) is 17.5. The van der Waals surface area contributed by atoms with Crippen molar-refractivity contribution in [3.8, 4) is 11.4 Å². The van der Waals surface area contributed by atoms with Gasteiger partial charge in [0.25, 0.3) is 5.56 Å². The lowest BCUT2D eigenvalue weighted by atomic mass is 10.1. The molecule has 27 heavy (non-hydrogen) atoms. The van der Waals surface area contributed by atoms with Crippen LogP contribution in [0, 0.1) is 4.77 Å². The number of nitrogens with zero attached hydrogens (tertiary/aromatic N) is 2. The number of methoxy groups -OCH3 is 1. The van der Waals surface area contributed by atoms with Crippen LogP contribution < -0.4 is 15.6 Å². The smallest absolute Gasteiger partial charge is 0.258 e. The van der Waals surface area contributed by atoms with Crippen molar-refractivity contribution in [2.45, 2.75) is 13.1 Å². The zero-order valence-corrected chi connectivity index (χ0v) is 15.8. The number of anilines is 1. The summed E-state index contributed by atoms with van der Waals surface area (Å²) >= 11 is 5.43. The second kappa shape index (κ2) is 7.38. The van der Waals surface area contributed by atoms with Crippen molar-refractivity contribution in [3.63, 3.8) is 0 Å². The highest BCUT2D eigenvalue weighted by Gasteiger charge is 2.22. The van der Waals surface area contributed by atoms with E-state index in [2.05, 4.69) is 27.3 Å². The number of hydrogen-bond acceptors (Lipinski definition) is 5. The van der Waals surface area contributed by atoms with Gasteiger partial charge in [-0.05, 0) is 42.0 Å². The fraction of sp³-hybridized carbons (Fsp3) is 0.200. The number of aromatic amines is 1. The van der Waals surface area contributed by atoms with Crippen LogP contribution in [0.4, 0.5) is 5.82 Å². The number of hydrogen-bond donors (Lipinski definition) is 2. The van der Waals surface area contributed by atoms with Crippen LogP contribution >= 0.6 is 12.2 Å². The Morgan fingerprint density at radius 2 is 1.85 bits per heavy atom. The Kier molecular flexibility index (Phi) is 4.79. The fourth-order valence-electron chi connectivity index (χ4n) is 3.30. The Bertz CT molecular complexity index is 1060. The van der Waals surface area contributed by atoms with Crippen LogP contribution in [0.15, 0.2) is 59.4 Å². The maximum absolute atomic E-state index is 12.5. The quantitative estimate of drug-likeness (QED) is 0.680. The molecule has 2 aromatic carbocycles. The molecule has 0 spiro atoms. The molecule has 7 heteroatoms. The van der Waals surface area contributed by atoms with Gasteiger partial charge in [-0.15, -0.1) is 0 Å². The van der Waals surface area contributed by atoms with E-state index in [0.717, 1.165) is 23.8 Å². The van der Waals surface area contributed by atoms with E-state index in [0.29, 0.717) is 23.5 Å². The number of fused-ring (bicyclic) bond motifs is 1. The summed E-state index contributed by atoms with van der Waals surface area (Å²) in [6, 6.07) is 17.8. The van der Waals surface area contributed by atoms with E-state index in [1.165, 1.54) is 5.56 Å². The molecule has 0 fully saturated rings. The number of nitrogens with one attached hydrogen (secondary N) is 2. The summed E-state index contributed by atoms with van der Waals surface area (Å²) in [5, 5.41) is 3.38. The van der Waals surface area contributed by atoms with E-state index in [-0.39, 0.29) is 5.56 Å². The van der Waals surface area contributed by atoms with Gasteiger partial charge >= 0.3 is 0 Å². The molecule has 2 N–H and O–H groups in total. The van der Waals surface area contributed by atoms with Crippen molar-refractivity contribution in [1.82, 2.24) is 14.5 Å². The maximum atomic E-state index is 12.5. The first-order valence-corrected chi connectivity index (χ1v) is 9.09. The van der Waals surface area contributed by atoms with Gasteiger partial charge in [0.1, 0.15) is 11.6 Å². The molecule has 0 saturated heterocycles. The number of benzene rings is 2. The molecule has 3 aromatic rings. The summed E-state index contributed by atoms with van der Waals surface area (Å²) < 4.78 is 7.46. The lowest BCUT2D eigenvalue weighted by Crippen LogP contribution is -2.38. The van der Waals surface area contributed by atoms with Gasteiger partial charge in [-0.1, -0.05) is 30.3 Å². The van der Waals surface area contributed by atoms with E-state index >= 15 is 0 Å². The minimum atomic E-state index is -0.148. The minimum Gasteiger partial charge on any atom is -0.497 e. The van der Waals surface area contributed by atoms with Crippen molar-refractivity contribution in [1.29, 1.82) is 0 Å². The molecule has 6 nitrogen and oxygen atoms in total. The molecule has 1 aliphatic heterocycles. The molecule has 0 unspecified atom stereocenters. The molecule has 0 radical (unpaired) electrons. The average Bonchev–Trinajstić information content (AvgIpc) is 2.70. The lowest BCUT2D eigenvalue weighted by Gasteiger charge is -2.31. The van der Waals surface area contributed by atoms with Crippen LogP contribution in [0.1, 0.15) is 11.1 Å². The molecule has 0 amide bonds. The number of rotatable bonds is 4. The maximum Gasteiger partial charge on any atom is 0.258 e. The summed E-state index contributed by atoms with van der Waals surface area (Å²) in [6.45, 7) is 1.96. The van der Waals surface area contributed by atoms with Crippen LogP contribution in [0.25, 0.3) is 5.69 Å². The third kappa shape index (κ3) is 3.51. The van der Waals surface area contributed by atoms with E-state index in [4.69, 9.17) is 17.0 Å². The van der Waals surface area contributed by atoms with Crippen molar-refractivity contribution in [3.05, 3.63) is 80.8 Å². The van der Waals surface area contributed by atoms with E-state index in [1.807, 2.05) is 47.0 Å². The predicted molar refractivity (Wildman–Crippen MR) is 108 cm³/mol. The van der Waals surface area contributed by atoms with Crippen LogP contribution in [-0.4, -0.2) is 28.2 Å². The van der Waals surface area contributed by atoms with Crippen molar-refractivity contribution in [2.24, 2.45) is 0 Å². The Morgan fingerprint density at radius 3 is 2.56 bits per heavy atom. The largest absolute Gasteiger partial charge is 0.497 e. The van der Waals surface area contributed by atoms with Crippen LogP contribution in [0.2, 0.25) is 0 Å². The number of ether oxygens (including phenoxy) is 1. The zero-order chi connectivity index (χ0) is 18.8. The van der Waals surface area contributed by atoms with Gasteiger partial charge in [-0.25, -0.2) is 0 Å². The summed E-state index contributed by atoms with van der Waals surface area (Å²) in [4.78, 5) is 17.5. The molecular weight excluding hydrogens is 360 g/mol. The molecule has 0 bridgehead atoms. The predicted octanol–water partition coefficient (Wildman–Crippen LogP) is 3.29. The average molecular weight is 380 g/mol. The highest BCUT2D eigenvalue weighted by molar-refractivity contribution is 7.71. The van der Waals surface area contributed by atoms with Gasteiger partial charge in [0.05, 0.1) is 25.0 Å². The van der Waals surface area contributed by atoms with Gasteiger partial charge in [-0.3, -0.25) is 19.2 Å². The number of H-pyrrole nitrogens is 1. The van der Waals surface area contributed by atoms with Gasteiger partial charge in [0, 0.05) is 13.1 Å². The van der Waals surface area contributed by atoms with Gasteiger partial charge in [0.15, 0.2) is 4.77 Å². The van der Waals surface area contributed by atoms with Crippen LogP contribution in [0.3, 0.4) is 0 Å². The first-order valence-electron chi connectivity index (χ1n) is 8.68. The van der Waals surface area contributed by atoms with Crippen molar-refractivity contribution in [2.75, 3.05) is 19.1 Å². The zero-order valence-electron chi connectivity index (χ0n) is 14.9. The molecule has 1 aromatic heterocycles. The Labute approximate surface area is 162 Å². The van der Waals surface area contributed by atoms with E-state index < -0.39 is 0 Å². The second-order valence-corrected chi connectivity index (χ2v) is 6.81. The monoisotopic (exact) mass is 380 g/mol. The minimum absolute atomic E-state index is 0.148. The molecule has 0 aliphatic carbocycles. The van der Waals surface area contributed by atoms with Gasteiger partial charge in [-0.2, -0.15) is 0 Å². The molecular formula is C20H20N4O2S. The topological polar surface area (TPSA) is 62.3 Å². The third-order valence-electron chi connectivity index (χ3n) is 4.64. The summed E-state index contributed by atoms with van der Waals surface area (Å²) in [6.07, 6.45) is 0. The van der Waals surface area contributed by atoms with Crippen molar-refractivity contribution < 1.29 is 4.74 Å². The third-order valence-corrected chi connectivity index (χ3v) is 4.92. The van der Waals surface area contributed by atoms with E-state index in [1.54, 1.807) is 7.11 Å².